The van der Waals surface area contributed by atoms with Crippen LogP contribution in [0.1, 0.15) is 36.0 Å². The van der Waals surface area contributed by atoms with Gasteiger partial charge in [-0.2, -0.15) is 0 Å². The van der Waals surface area contributed by atoms with Crippen LogP contribution in [0.5, 0.6) is 0 Å². The quantitative estimate of drug-likeness (QED) is 0.829. The minimum absolute atomic E-state index is 0.00919. The van der Waals surface area contributed by atoms with Crippen LogP contribution in [-0.2, 0) is 0 Å². The van der Waals surface area contributed by atoms with Crippen molar-refractivity contribution in [2.24, 2.45) is 0 Å². The number of carbonyl (C=O) groups is 1. The van der Waals surface area contributed by atoms with Gasteiger partial charge >= 0.3 is 0 Å². The van der Waals surface area contributed by atoms with Crippen LogP contribution >= 0.6 is 0 Å². The third-order valence-corrected chi connectivity index (χ3v) is 4.55. The summed E-state index contributed by atoms with van der Waals surface area (Å²) in [5.41, 5.74) is 2.92. The second-order valence-electron chi connectivity index (χ2n) is 6.32. The van der Waals surface area contributed by atoms with Gasteiger partial charge in [-0.05, 0) is 74.3 Å². The second-order valence-corrected chi connectivity index (χ2v) is 6.32. The van der Waals surface area contributed by atoms with Crippen molar-refractivity contribution in [3.05, 3.63) is 54.4 Å². The van der Waals surface area contributed by atoms with E-state index in [0.29, 0.717) is 5.56 Å². The van der Waals surface area contributed by atoms with Gasteiger partial charge < -0.3 is 10.2 Å². The van der Waals surface area contributed by atoms with Crippen molar-refractivity contribution < 1.29 is 4.79 Å². The molecule has 4 heteroatoms. The number of piperidine rings is 1. The Kier molecular flexibility index (Phi) is 5.96. The highest BCUT2D eigenvalue weighted by atomic mass is 16.1. The number of pyridine rings is 1. The molecule has 0 radical (unpaired) electrons. The molecule has 2 heterocycles. The summed E-state index contributed by atoms with van der Waals surface area (Å²) in [6.45, 7) is 4.25. The summed E-state index contributed by atoms with van der Waals surface area (Å²) >= 11 is 0. The van der Waals surface area contributed by atoms with E-state index >= 15 is 0 Å². The number of nitrogens with one attached hydrogen (secondary N) is 1. The Balaban J connectivity index is 1.45. The highest BCUT2D eigenvalue weighted by Gasteiger charge is 2.10. The van der Waals surface area contributed by atoms with Gasteiger partial charge in [-0.15, -0.1) is 0 Å². The maximum Gasteiger partial charge on any atom is 0.251 e. The lowest BCUT2D eigenvalue weighted by atomic mass is 10.0. The summed E-state index contributed by atoms with van der Waals surface area (Å²) in [5.74, 6) is 0.00919. The SMILES string of the molecule is O=C(NCCCN1CCCCC1)c1ccc(-c2ccncc2)cc1. The molecular weight excluding hydrogens is 298 g/mol. The number of amides is 1. The number of hydrogen-bond donors (Lipinski definition) is 1. The van der Waals surface area contributed by atoms with Crippen LogP contribution in [0.25, 0.3) is 11.1 Å². The van der Waals surface area contributed by atoms with Crippen molar-refractivity contribution in [3.63, 3.8) is 0 Å². The first-order valence-electron chi connectivity index (χ1n) is 8.84. The molecule has 2 aromatic rings. The van der Waals surface area contributed by atoms with Gasteiger partial charge in [0.15, 0.2) is 0 Å². The Labute approximate surface area is 143 Å². The Morgan fingerprint density at radius 3 is 2.33 bits per heavy atom. The fourth-order valence-corrected chi connectivity index (χ4v) is 3.15. The Morgan fingerprint density at radius 1 is 0.958 bits per heavy atom. The Morgan fingerprint density at radius 2 is 1.62 bits per heavy atom. The van der Waals surface area contributed by atoms with Gasteiger partial charge in [-0.1, -0.05) is 18.6 Å². The third kappa shape index (κ3) is 4.65. The van der Waals surface area contributed by atoms with Gasteiger partial charge in [-0.3, -0.25) is 9.78 Å². The molecule has 1 aliphatic rings. The minimum atomic E-state index is 0.00919. The third-order valence-electron chi connectivity index (χ3n) is 4.55. The van der Waals surface area contributed by atoms with E-state index in [-0.39, 0.29) is 5.91 Å². The summed E-state index contributed by atoms with van der Waals surface area (Å²) in [6, 6.07) is 11.7. The molecule has 0 saturated carbocycles. The number of benzene rings is 1. The van der Waals surface area contributed by atoms with Crippen LogP contribution < -0.4 is 5.32 Å². The largest absolute Gasteiger partial charge is 0.352 e. The average molecular weight is 323 g/mol. The summed E-state index contributed by atoms with van der Waals surface area (Å²) in [4.78, 5) is 18.7. The maximum absolute atomic E-state index is 12.2. The molecule has 0 bridgehead atoms. The fraction of sp³-hybridized carbons (Fsp3) is 0.400. The molecule has 0 atom stereocenters. The van der Waals surface area contributed by atoms with Crippen molar-refractivity contribution >= 4 is 5.91 Å². The zero-order chi connectivity index (χ0) is 16.6. The molecule has 1 aromatic carbocycles. The predicted octanol–water partition coefficient (Wildman–Crippen LogP) is 3.35. The van der Waals surface area contributed by atoms with E-state index in [1.807, 2.05) is 36.4 Å². The molecule has 126 valence electrons. The molecule has 1 fully saturated rings. The Bertz CT molecular complexity index is 634. The van der Waals surface area contributed by atoms with Crippen LogP contribution in [0.2, 0.25) is 0 Å². The first-order valence-corrected chi connectivity index (χ1v) is 8.84. The van der Waals surface area contributed by atoms with Crippen molar-refractivity contribution in [1.82, 2.24) is 15.2 Å². The molecule has 1 amide bonds. The number of carbonyl (C=O) groups excluding carboxylic acids is 1. The fourth-order valence-electron chi connectivity index (χ4n) is 3.15. The molecule has 3 rings (SSSR count). The van der Waals surface area contributed by atoms with E-state index < -0.39 is 0 Å². The van der Waals surface area contributed by atoms with Gasteiger partial charge in [0.25, 0.3) is 5.91 Å². The van der Waals surface area contributed by atoms with Crippen molar-refractivity contribution in [2.75, 3.05) is 26.2 Å². The second kappa shape index (κ2) is 8.60. The van der Waals surface area contributed by atoms with Crippen molar-refractivity contribution in [1.29, 1.82) is 0 Å². The van der Waals surface area contributed by atoms with E-state index in [9.17, 15) is 4.79 Å². The summed E-state index contributed by atoms with van der Waals surface area (Å²) < 4.78 is 0. The number of hydrogen-bond acceptors (Lipinski definition) is 3. The summed E-state index contributed by atoms with van der Waals surface area (Å²) in [7, 11) is 0. The van der Waals surface area contributed by atoms with Gasteiger partial charge in [0, 0.05) is 24.5 Å². The first-order chi connectivity index (χ1) is 11.8. The first kappa shape index (κ1) is 16.7. The van der Waals surface area contributed by atoms with Gasteiger partial charge in [0.1, 0.15) is 0 Å². The molecule has 4 nitrogen and oxygen atoms in total. The van der Waals surface area contributed by atoms with Crippen LogP contribution in [0, 0.1) is 0 Å². The number of likely N-dealkylation sites (tertiary alicyclic amines) is 1. The molecule has 0 aliphatic carbocycles. The van der Waals surface area contributed by atoms with Crippen molar-refractivity contribution in [2.45, 2.75) is 25.7 Å². The summed E-state index contributed by atoms with van der Waals surface area (Å²) in [6.07, 6.45) is 8.56. The van der Waals surface area contributed by atoms with Gasteiger partial charge in [-0.25, -0.2) is 0 Å². The number of rotatable bonds is 6. The van der Waals surface area contributed by atoms with Gasteiger partial charge in [0.05, 0.1) is 0 Å². The molecular formula is C20H25N3O. The molecule has 24 heavy (non-hydrogen) atoms. The molecule has 0 unspecified atom stereocenters. The van der Waals surface area contributed by atoms with Crippen LogP contribution in [0.3, 0.4) is 0 Å². The van der Waals surface area contributed by atoms with Gasteiger partial charge in [0.2, 0.25) is 0 Å². The van der Waals surface area contributed by atoms with E-state index in [1.165, 1.54) is 32.4 Å². The zero-order valence-corrected chi connectivity index (χ0v) is 14.1. The molecule has 1 saturated heterocycles. The lowest BCUT2D eigenvalue weighted by Gasteiger charge is -2.26. The zero-order valence-electron chi connectivity index (χ0n) is 14.1. The van der Waals surface area contributed by atoms with Crippen LogP contribution in [-0.4, -0.2) is 42.0 Å². The maximum atomic E-state index is 12.2. The van der Waals surface area contributed by atoms with E-state index in [2.05, 4.69) is 15.2 Å². The van der Waals surface area contributed by atoms with Crippen LogP contribution in [0.4, 0.5) is 0 Å². The minimum Gasteiger partial charge on any atom is -0.352 e. The smallest absolute Gasteiger partial charge is 0.251 e. The lowest BCUT2D eigenvalue weighted by molar-refractivity contribution is 0.0951. The summed E-state index contributed by atoms with van der Waals surface area (Å²) in [5, 5.41) is 3.02. The Hall–Kier alpha value is -2.20. The van der Waals surface area contributed by atoms with E-state index in [4.69, 9.17) is 0 Å². The van der Waals surface area contributed by atoms with Crippen molar-refractivity contribution in [3.8, 4) is 11.1 Å². The molecule has 0 spiro atoms. The lowest BCUT2D eigenvalue weighted by Crippen LogP contribution is -2.33. The number of nitrogens with zero attached hydrogens (tertiary/aromatic N) is 2. The van der Waals surface area contributed by atoms with E-state index in [1.54, 1.807) is 12.4 Å². The topological polar surface area (TPSA) is 45.2 Å². The molecule has 1 N–H and O–H groups in total. The van der Waals surface area contributed by atoms with E-state index in [0.717, 1.165) is 30.6 Å². The standard InChI is InChI=1S/C20H25N3O/c24-20(22-11-4-16-23-14-2-1-3-15-23)19-7-5-17(6-8-19)18-9-12-21-13-10-18/h5-10,12-13H,1-4,11,14-16H2,(H,22,24). The highest BCUT2D eigenvalue weighted by Crippen LogP contribution is 2.18. The highest BCUT2D eigenvalue weighted by molar-refractivity contribution is 5.94. The average Bonchev–Trinajstić information content (AvgIpc) is 2.67. The predicted molar refractivity (Wildman–Crippen MR) is 96.9 cm³/mol. The molecule has 1 aliphatic heterocycles. The molecule has 1 aromatic heterocycles. The normalized spacial score (nSPS) is 15.2. The monoisotopic (exact) mass is 323 g/mol. The van der Waals surface area contributed by atoms with Crippen LogP contribution in [0.15, 0.2) is 48.8 Å². The number of aromatic nitrogens is 1.